The minimum atomic E-state index is -0.701. The molecule has 5 heteroatoms. The Morgan fingerprint density at radius 1 is 1.42 bits per heavy atom. The normalized spacial score (nSPS) is 18.0. The summed E-state index contributed by atoms with van der Waals surface area (Å²) < 4.78 is 19.1. The molecule has 19 heavy (non-hydrogen) atoms. The minimum Gasteiger partial charge on any atom is -0.454 e. The molecule has 0 radical (unpaired) electrons. The molecular formula is C14H18FNO2S. The quantitative estimate of drug-likeness (QED) is 0.657. The van der Waals surface area contributed by atoms with Crippen molar-refractivity contribution < 1.29 is 13.9 Å². The highest BCUT2D eigenvalue weighted by Gasteiger charge is 2.37. The number of halogens is 1. The average molecular weight is 283 g/mol. The molecule has 104 valence electrons. The van der Waals surface area contributed by atoms with Gasteiger partial charge in [-0.05, 0) is 30.8 Å². The van der Waals surface area contributed by atoms with E-state index in [0.717, 1.165) is 18.7 Å². The van der Waals surface area contributed by atoms with E-state index in [2.05, 4.69) is 17.9 Å². The van der Waals surface area contributed by atoms with Crippen LogP contribution in [-0.4, -0.2) is 24.8 Å². The zero-order chi connectivity index (χ0) is 13.7. The van der Waals surface area contributed by atoms with E-state index in [9.17, 15) is 9.18 Å². The van der Waals surface area contributed by atoms with E-state index in [1.54, 1.807) is 6.07 Å². The van der Waals surface area contributed by atoms with Crippen LogP contribution in [0.15, 0.2) is 24.3 Å². The third-order valence-corrected chi connectivity index (χ3v) is 3.61. The molecule has 0 atom stereocenters. The van der Waals surface area contributed by atoms with Gasteiger partial charge < -0.3 is 10.1 Å². The van der Waals surface area contributed by atoms with Gasteiger partial charge in [0.25, 0.3) is 0 Å². The minimum absolute atomic E-state index is 0.271. The molecule has 1 aliphatic heterocycles. The number of hydrogen-bond donors (Lipinski definition) is 2. The standard InChI is InChI=1S/C14H18FNO2S/c15-12-3-1-2-11(10-12)14(5-7-16-8-6-14)18-13(17)4-9-19/h1-3,10,16,19H,4-9H2. The lowest BCUT2D eigenvalue weighted by atomic mass is 9.84. The second-order valence-electron chi connectivity index (χ2n) is 4.70. The number of carbonyl (C=O) groups excluding carboxylic acids is 1. The topological polar surface area (TPSA) is 38.3 Å². The summed E-state index contributed by atoms with van der Waals surface area (Å²) in [6.45, 7) is 1.51. The zero-order valence-electron chi connectivity index (χ0n) is 10.7. The third-order valence-electron chi connectivity index (χ3n) is 3.39. The lowest BCUT2D eigenvalue weighted by molar-refractivity contribution is -0.163. The van der Waals surface area contributed by atoms with Crippen LogP contribution in [0.1, 0.15) is 24.8 Å². The Bertz CT molecular complexity index is 447. The van der Waals surface area contributed by atoms with E-state index in [1.807, 2.05) is 6.07 Å². The highest BCUT2D eigenvalue weighted by molar-refractivity contribution is 7.80. The Morgan fingerprint density at radius 3 is 2.79 bits per heavy atom. The summed E-state index contributed by atoms with van der Waals surface area (Å²) in [6.07, 6.45) is 1.59. The van der Waals surface area contributed by atoms with Crippen LogP contribution in [0.25, 0.3) is 0 Å². The molecule has 1 saturated heterocycles. The fraction of sp³-hybridized carbons (Fsp3) is 0.500. The van der Waals surface area contributed by atoms with Crippen molar-refractivity contribution in [1.29, 1.82) is 0 Å². The molecule has 1 heterocycles. The van der Waals surface area contributed by atoms with Gasteiger partial charge in [0.1, 0.15) is 11.4 Å². The molecule has 0 aliphatic carbocycles. The van der Waals surface area contributed by atoms with Gasteiger partial charge in [-0.3, -0.25) is 4.79 Å². The smallest absolute Gasteiger partial charge is 0.307 e. The summed E-state index contributed by atoms with van der Waals surface area (Å²) in [4.78, 5) is 11.8. The van der Waals surface area contributed by atoms with Crippen molar-refractivity contribution in [3.05, 3.63) is 35.6 Å². The molecular weight excluding hydrogens is 265 g/mol. The lowest BCUT2D eigenvalue weighted by Gasteiger charge is -2.37. The summed E-state index contributed by atoms with van der Waals surface area (Å²) in [7, 11) is 0. The first-order valence-corrected chi connectivity index (χ1v) is 7.09. The number of rotatable bonds is 4. The number of ether oxygens (including phenoxy) is 1. The van der Waals surface area contributed by atoms with Gasteiger partial charge in [-0.15, -0.1) is 0 Å². The van der Waals surface area contributed by atoms with E-state index >= 15 is 0 Å². The van der Waals surface area contributed by atoms with Gasteiger partial charge in [0.2, 0.25) is 0 Å². The maximum atomic E-state index is 13.4. The van der Waals surface area contributed by atoms with Crippen molar-refractivity contribution in [3.8, 4) is 0 Å². The average Bonchev–Trinajstić information content (AvgIpc) is 2.40. The second kappa shape index (κ2) is 6.39. The lowest BCUT2D eigenvalue weighted by Crippen LogP contribution is -2.43. The number of thiol groups is 1. The fourth-order valence-corrected chi connectivity index (χ4v) is 2.59. The Morgan fingerprint density at radius 2 is 2.16 bits per heavy atom. The van der Waals surface area contributed by atoms with Crippen LogP contribution < -0.4 is 5.32 Å². The van der Waals surface area contributed by atoms with Crippen LogP contribution in [0.5, 0.6) is 0 Å². The molecule has 0 saturated carbocycles. The van der Waals surface area contributed by atoms with Crippen molar-refractivity contribution >= 4 is 18.6 Å². The van der Waals surface area contributed by atoms with Crippen molar-refractivity contribution in [3.63, 3.8) is 0 Å². The third kappa shape index (κ3) is 3.48. The van der Waals surface area contributed by atoms with Gasteiger partial charge in [-0.25, -0.2) is 4.39 Å². The van der Waals surface area contributed by atoms with Gasteiger partial charge in [-0.1, -0.05) is 12.1 Å². The number of benzene rings is 1. The molecule has 1 N–H and O–H groups in total. The molecule has 3 nitrogen and oxygen atoms in total. The van der Waals surface area contributed by atoms with Gasteiger partial charge in [0.05, 0.1) is 6.42 Å². The van der Waals surface area contributed by atoms with E-state index in [4.69, 9.17) is 4.74 Å². The summed E-state index contributed by atoms with van der Waals surface area (Å²) >= 11 is 4.04. The van der Waals surface area contributed by atoms with E-state index in [1.165, 1.54) is 12.1 Å². The van der Waals surface area contributed by atoms with E-state index in [-0.39, 0.29) is 18.2 Å². The van der Waals surface area contributed by atoms with Crippen molar-refractivity contribution in [2.24, 2.45) is 0 Å². The largest absolute Gasteiger partial charge is 0.454 e. The Balaban J connectivity index is 2.26. The Hall–Kier alpha value is -1.07. The van der Waals surface area contributed by atoms with Crippen LogP contribution in [-0.2, 0) is 15.1 Å². The molecule has 0 aromatic heterocycles. The first-order valence-electron chi connectivity index (χ1n) is 6.46. The van der Waals surface area contributed by atoms with Crippen molar-refractivity contribution in [2.45, 2.75) is 24.9 Å². The molecule has 1 fully saturated rings. The maximum Gasteiger partial charge on any atom is 0.307 e. The van der Waals surface area contributed by atoms with Crippen LogP contribution in [0.2, 0.25) is 0 Å². The maximum absolute atomic E-state index is 13.4. The number of nitrogens with one attached hydrogen (secondary N) is 1. The molecule has 2 rings (SSSR count). The molecule has 0 unspecified atom stereocenters. The monoisotopic (exact) mass is 283 g/mol. The molecule has 0 spiro atoms. The van der Waals surface area contributed by atoms with Gasteiger partial charge in [0, 0.05) is 18.6 Å². The van der Waals surface area contributed by atoms with Gasteiger partial charge in [-0.2, -0.15) is 12.6 Å². The summed E-state index contributed by atoms with van der Waals surface area (Å²) in [5.41, 5.74) is 0.0365. The molecule has 1 aromatic carbocycles. The summed E-state index contributed by atoms with van der Waals surface area (Å²) in [6, 6.07) is 6.33. The predicted octanol–water partition coefficient (Wildman–Crippen LogP) is 2.27. The number of piperidine rings is 1. The summed E-state index contributed by atoms with van der Waals surface area (Å²) in [5, 5.41) is 3.23. The molecule has 0 bridgehead atoms. The SMILES string of the molecule is O=C(CCS)OC1(c2cccc(F)c2)CCNCC1. The Labute approximate surface area is 117 Å². The Kier molecular flexibility index (Phi) is 4.82. The fourth-order valence-electron chi connectivity index (χ4n) is 2.41. The molecule has 1 aliphatic rings. The van der Waals surface area contributed by atoms with E-state index in [0.29, 0.717) is 18.6 Å². The number of hydrogen-bond acceptors (Lipinski definition) is 4. The first kappa shape index (κ1) is 14.3. The van der Waals surface area contributed by atoms with Crippen LogP contribution >= 0.6 is 12.6 Å². The molecule has 0 amide bonds. The second-order valence-corrected chi connectivity index (χ2v) is 5.15. The van der Waals surface area contributed by atoms with Crippen LogP contribution in [0, 0.1) is 5.82 Å². The van der Waals surface area contributed by atoms with E-state index < -0.39 is 5.60 Å². The van der Waals surface area contributed by atoms with Crippen molar-refractivity contribution in [2.75, 3.05) is 18.8 Å². The first-order chi connectivity index (χ1) is 9.16. The van der Waals surface area contributed by atoms with Crippen LogP contribution in [0.4, 0.5) is 4.39 Å². The number of esters is 1. The number of carbonyl (C=O) groups is 1. The highest BCUT2D eigenvalue weighted by Crippen LogP contribution is 2.35. The summed E-state index contributed by atoms with van der Waals surface area (Å²) in [5.74, 6) is -0.127. The van der Waals surface area contributed by atoms with Gasteiger partial charge in [0.15, 0.2) is 0 Å². The predicted molar refractivity (Wildman–Crippen MR) is 74.7 cm³/mol. The molecule has 1 aromatic rings. The zero-order valence-corrected chi connectivity index (χ0v) is 11.6. The van der Waals surface area contributed by atoms with Crippen molar-refractivity contribution in [1.82, 2.24) is 5.32 Å². The van der Waals surface area contributed by atoms with Crippen LogP contribution in [0.3, 0.4) is 0 Å². The van der Waals surface area contributed by atoms with Gasteiger partial charge >= 0.3 is 5.97 Å². The highest BCUT2D eigenvalue weighted by atomic mass is 32.1.